The van der Waals surface area contributed by atoms with E-state index in [1.807, 2.05) is 25.1 Å². The molecule has 1 unspecified atom stereocenters. The summed E-state index contributed by atoms with van der Waals surface area (Å²) in [6, 6.07) is 19.4. The minimum Gasteiger partial charge on any atom is -0.325 e. The number of nitrogens with one attached hydrogen (secondary N) is 1. The SMILES string of the molecule is CC(Sc1ncnc2sc(-c3ccccc3)cc12)C(=O)Nc1ccc(Cl)cc1. The van der Waals surface area contributed by atoms with Gasteiger partial charge in [0, 0.05) is 21.0 Å². The molecule has 0 fully saturated rings. The molecule has 0 aliphatic carbocycles. The number of carbonyl (C=O) groups is 1. The van der Waals surface area contributed by atoms with Gasteiger partial charge in [0.15, 0.2) is 0 Å². The zero-order chi connectivity index (χ0) is 19.5. The molecule has 4 aromatic rings. The summed E-state index contributed by atoms with van der Waals surface area (Å²) in [4.78, 5) is 23.4. The fourth-order valence-corrected chi connectivity index (χ4v) is 4.76. The number of nitrogens with zero attached hydrogens (tertiary/aromatic N) is 2. The maximum absolute atomic E-state index is 12.6. The quantitative estimate of drug-likeness (QED) is 0.308. The van der Waals surface area contributed by atoms with Gasteiger partial charge in [-0.3, -0.25) is 4.79 Å². The predicted octanol–water partition coefficient (Wildman–Crippen LogP) is 6.13. The number of amides is 1. The van der Waals surface area contributed by atoms with Crippen molar-refractivity contribution < 1.29 is 4.79 Å². The van der Waals surface area contributed by atoms with Gasteiger partial charge in [-0.2, -0.15) is 0 Å². The van der Waals surface area contributed by atoms with Crippen molar-refractivity contribution >= 4 is 56.5 Å². The maximum atomic E-state index is 12.6. The third-order valence-corrected chi connectivity index (χ3v) is 6.58. The number of aromatic nitrogens is 2. The van der Waals surface area contributed by atoms with Gasteiger partial charge in [0.2, 0.25) is 5.91 Å². The van der Waals surface area contributed by atoms with E-state index in [0.29, 0.717) is 5.02 Å². The second-order valence-corrected chi connectivity index (χ2v) is 8.93. The molecule has 0 spiro atoms. The largest absolute Gasteiger partial charge is 0.325 e. The zero-order valence-electron chi connectivity index (χ0n) is 14.9. The number of fused-ring (bicyclic) bond motifs is 1. The molecule has 4 rings (SSSR count). The van der Waals surface area contributed by atoms with Crippen molar-refractivity contribution in [2.45, 2.75) is 17.2 Å². The number of thioether (sulfide) groups is 1. The highest BCUT2D eigenvalue weighted by molar-refractivity contribution is 8.00. The number of benzene rings is 2. The van der Waals surface area contributed by atoms with Crippen LogP contribution >= 0.6 is 34.7 Å². The van der Waals surface area contributed by atoms with Crippen LogP contribution in [0.25, 0.3) is 20.7 Å². The van der Waals surface area contributed by atoms with Gasteiger partial charge in [-0.1, -0.05) is 53.7 Å². The molecule has 1 amide bonds. The molecule has 1 atom stereocenters. The fourth-order valence-electron chi connectivity index (χ4n) is 2.67. The van der Waals surface area contributed by atoms with Gasteiger partial charge in [-0.25, -0.2) is 9.97 Å². The summed E-state index contributed by atoms with van der Waals surface area (Å²) < 4.78 is 0. The van der Waals surface area contributed by atoms with Crippen LogP contribution in [0.3, 0.4) is 0 Å². The van der Waals surface area contributed by atoms with E-state index < -0.39 is 0 Å². The van der Waals surface area contributed by atoms with Crippen molar-refractivity contribution in [1.29, 1.82) is 0 Å². The number of thiophene rings is 1. The van der Waals surface area contributed by atoms with Gasteiger partial charge in [0.1, 0.15) is 16.2 Å². The Hall–Kier alpha value is -2.41. The van der Waals surface area contributed by atoms with Crippen molar-refractivity contribution in [3.63, 3.8) is 0 Å². The second-order valence-electron chi connectivity index (χ2n) is 6.13. The Morgan fingerprint density at radius 1 is 1.11 bits per heavy atom. The highest BCUT2D eigenvalue weighted by Gasteiger charge is 2.18. The molecule has 0 saturated heterocycles. The highest BCUT2D eigenvalue weighted by Crippen LogP contribution is 2.37. The molecule has 4 nitrogen and oxygen atoms in total. The van der Waals surface area contributed by atoms with Crippen molar-refractivity contribution in [2.24, 2.45) is 0 Å². The number of halogens is 1. The third kappa shape index (κ3) is 4.19. The number of anilines is 1. The second kappa shape index (κ2) is 8.31. The normalized spacial score (nSPS) is 12.1. The molecule has 0 radical (unpaired) electrons. The number of rotatable bonds is 5. The van der Waals surface area contributed by atoms with Gasteiger partial charge in [-0.05, 0) is 42.8 Å². The summed E-state index contributed by atoms with van der Waals surface area (Å²) in [5.74, 6) is -0.0856. The van der Waals surface area contributed by atoms with Gasteiger partial charge in [0.05, 0.1) is 5.25 Å². The summed E-state index contributed by atoms with van der Waals surface area (Å²) in [6.07, 6.45) is 1.56. The average Bonchev–Trinajstić information content (AvgIpc) is 3.16. The Morgan fingerprint density at radius 3 is 2.61 bits per heavy atom. The lowest BCUT2D eigenvalue weighted by Gasteiger charge is -2.12. The molecular weight excluding hydrogens is 410 g/mol. The minimum atomic E-state index is -0.311. The van der Waals surface area contributed by atoms with Crippen molar-refractivity contribution in [2.75, 3.05) is 5.32 Å². The van der Waals surface area contributed by atoms with Gasteiger partial charge < -0.3 is 5.32 Å². The average molecular weight is 426 g/mol. The van der Waals surface area contributed by atoms with E-state index in [2.05, 4.69) is 33.5 Å². The van der Waals surface area contributed by atoms with Crippen LogP contribution in [0.2, 0.25) is 5.02 Å². The van der Waals surface area contributed by atoms with Crippen molar-refractivity contribution in [3.8, 4) is 10.4 Å². The Kier molecular flexibility index (Phi) is 5.62. The standard InChI is InChI=1S/C21H16ClN3OS2/c1-13(19(26)25-16-9-7-15(22)8-10-16)27-20-17-11-18(14-5-3-2-4-6-14)28-21(17)24-12-23-20/h2-13H,1H3,(H,25,26). The van der Waals surface area contributed by atoms with Gasteiger partial charge >= 0.3 is 0 Å². The number of hydrogen-bond donors (Lipinski definition) is 1. The van der Waals surface area contributed by atoms with Crippen LogP contribution in [-0.2, 0) is 4.79 Å². The predicted molar refractivity (Wildman–Crippen MR) is 118 cm³/mol. The summed E-state index contributed by atoms with van der Waals surface area (Å²) in [5, 5.41) is 5.01. The van der Waals surface area contributed by atoms with Gasteiger partial charge in [0.25, 0.3) is 0 Å². The van der Waals surface area contributed by atoms with Crippen LogP contribution in [0.15, 0.2) is 72.0 Å². The van der Waals surface area contributed by atoms with Crippen LogP contribution in [0, 0.1) is 0 Å². The Bertz CT molecular complexity index is 1110. The Balaban J connectivity index is 1.54. The molecule has 2 aromatic carbocycles. The topological polar surface area (TPSA) is 54.9 Å². The summed E-state index contributed by atoms with van der Waals surface area (Å²) in [5.41, 5.74) is 1.87. The molecule has 7 heteroatoms. The van der Waals surface area contributed by atoms with E-state index in [1.54, 1.807) is 41.9 Å². The molecule has 2 heterocycles. The number of hydrogen-bond acceptors (Lipinski definition) is 5. The first-order valence-corrected chi connectivity index (χ1v) is 10.7. The lowest BCUT2D eigenvalue weighted by atomic mass is 10.2. The van der Waals surface area contributed by atoms with E-state index in [1.165, 1.54) is 11.8 Å². The minimum absolute atomic E-state index is 0.0856. The van der Waals surface area contributed by atoms with Crippen molar-refractivity contribution in [1.82, 2.24) is 9.97 Å². The first-order chi connectivity index (χ1) is 13.6. The first kappa shape index (κ1) is 18.9. The Labute approximate surface area is 176 Å². The van der Waals surface area contributed by atoms with Crippen LogP contribution in [0.1, 0.15) is 6.92 Å². The molecule has 0 saturated carbocycles. The molecular formula is C21H16ClN3OS2. The maximum Gasteiger partial charge on any atom is 0.237 e. The fraction of sp³-hybridized carbons (Fsp3) is 0.0952. The summed E-state index contributed by atoms with van der Waals surface area (Å²) in [6.45, 7) is 1.87. The molecule has 2 aromatic heterocycles. The summed E-state index contributed by atoms with van der Waals surface area (Å²) in [7, 11) is 0. The van der Waals surface area contributed by atoms with Crippen LogP contribution in [0.4, 0.5) is 5.69 Å². The highest BCUT2D eigenvalue weighted by atomic mass is 35.5. The smallest absolute Gasteiger partial charge is 0.237 e. The lowest BCUT2D eigenvalue weighted by molar-refractivity contribution is -0.115. The lowest BCUT2D eigenvalue weighted by Crippen LogP contribution is -2.22. The summed E-state index contributed by atoms with van der Waals surface area (Å²) >= 11 is 8.95. The van der Waals surface area contributed by atoms with Gasteiger partial charge in [-0.15, -0.1) is 11.3 Å². The van der Waals surface area contributed by atoms with E-state index in [9.17, 15) is 4.79 Å². The van der Waals surface area contributed by atoms with Crippen molar-refractivity contribution in [3.05, 3.63) is 72.0 Å². The van der Waals surface area contributed by atoms with E-state index in [-0.39, 0.29) is 11.2 Å². The monoisotopic (exact) mass is 425 g/mol. The van der Waals surface area contributed by atoms with Crippen LogP contribution in [-0.4, -0.2) is 21.1 Å². The van der Waals surface area contributed by atoms with E-state index in [0.717, 1.165) is 31.4 Å². The molecule has 0 aliphatic rings. The first-order valence-electron chi connectivity index (χ1n) is 8.63. The molecule has 28 heavy (non-hydrogen) atoms. The molecule has 0 aliphatic heterocycles. The van der Waals surface area contributed by atoms with E-state index in [4.69, 9.17) is 11.6 Å². The molecule has 1 N–H and O–H groups in total. The number of carbonyl (C=O) groups excluding carboxylic acids is 1. The van der Waals surface area contributed by atoms with Crippen LogP contribution < -0.4 is 5.32 Å². The zero-order valence-corrected chi connectivity index (χ0v) is 17.3. The third-order valence-electron chi connectivity index (χ3n) is 4.12. The molecule has 0 bridgehead atoms. The van der Waals surface area contributed by atoms with Crippen LogP contribution in [0.5, 0.6) is 0 Å². The Morgan fingerprint density at radius 2 is 1.86 bits per heavy atom. The van der Waals surface area contributed by atoms with E-state index >= 15 is 0 Å². The molecule has 140 valence electrons.